The zero-order valence-corrected chi connectivity index (χ0v) is 15.7. The Morgan fingerprint density at radius 3 is 2.57 bits per heavy atom. The number of carbonyl (C=O) groups excluding carboxylic acids is 1. The van der Waals surface area contributed by atoms with Gasteiger partial charge in [-0.05, 0) is 39.2 Å². The lowest BCUT2D eigenvalue weighted by Crippen LogP contribution is -2.18. The van der Waals surface area contributed by atoms with Crippen molar-refractivity contribution in [3.8, 4) is 5.69 Å². The van der Waals surface area contributed by atoms with E-state index in [1.54, 1.807) is 13.8 Å². The fraction of sp³-hybridized carbons (Fsp3) is 0.350. The fourth-order valence-electron chi connectivity index (χ4n) is 3.59. The van der Waals surface area contributed by atoms with Crippen LogP contribution >= 0.6 is 0 Å². The minimum atomic E-state index is -0.792. The van der Waals surface area contributed by atoms with Crippen LogP contribution in [0.1, 0.15) is 41.1 Å². The van der Waals surface area contributed by atoms with Crippen LogP contribution in [-0.2, 0) is 24.1 Å². The number of amides is 1. The van der Waals surface area contributed by atoms with Crippen molar-refractivity contribution in [1.82, 2.24) is 14.9 Å². The summed E-state index contributed by atoms with van der Waals surface area (Å²) in [6.45, 7) is 3.60. The number of benzene rings is 1. The highest BCUT2D eigenvalue weighted by molar-refractivity contribution is 5.92. The number of aryl methyl sites for hydroxylation is 3. The van der Waals surface area contributed by atoms with Crippen LogP contribution in [0.4, 0.5) is 14.6 Å². The summed E-state index contributed by atoms with van der Waals surface area (Å²) in [5, 5.41) is 10.7. The van der Waals surface area contributed by atoms with Crippen molar-refractivity contribution in [2.45, 2.75) is 46.0 Å². The highest BCUT2D eigenvalue weighted by atomic mass is 19.1. The topological polar surface area (TPSA) is 73.0 Å². The maximum Gasteiger partial charge on any atom is 0.230 e. The first-order chi connectivity index (χ1) is 13.4. The lowest BCUT2D eigenvalue weighted by Gasteiger charge is -2.11. The summed E-state index contributed by atoms with van der Waals surface area (Å²) in [6, 6.07) is 4.18. The minimum absolute atomic E-state index is 0.273. The van der Waals surface area contributed by atoms with Crippen molar-refractivity contribution in [2.24, 2.45) is 0 Å². The highest BCUT2D eigenvalue weighted by Crippen LogP contribution is 2.28. The molecule has 0 radical (unpaired) electrons. The van der Waals surface area contributed by atoms with Gasteiger partial charge in [-0.2, -0.15) is 5.10 Å². The molecule has 146 valence electrons. The molecule has 1 N–H and O–H groups in total. The third-order valence-corrected chi connectivity index (χ3v) is 4.93. The Labute approximate surface area is 160 Å². The molecule has 0 spiro atoms. The number of hydrogen-bond donors (Lipinski definition) is 1. The Bertz CT molecular complexity index is 1030. The number of rotatable bonds is 4. The molecule has 1 aliphatic rings. The number of nitrogens with one attached hydrogen (secondary N) is 1. The first-order valence-electron chi connectivity index (χ1n) is 9.21. The second kappa shape index (κ2) is 7.18. The van der Waals surface area contributed by atoms with Crippen LogP contribution < -0.4 is 5.32 Å². The Hall–Kier alpha value is -3.03. The quantitative estimate of drug-likeness (QED) is 0.740. The average molecular weight is 386 g/mol. The summed E-state index contributed by atoms with van der Waals surface area (Å²) in [5.74, 6) is -1.01. The molecular weight excluding hydrogens is 366 g/mol. The van der Waals surface area contributed by atoms with Gasteiger partial charge in [-0.25, -0.2) is 13.5 Å². The van der Waals surface area contributed by atoms with Crippen LogP contribution in [0.3, 0.4) is 0 Å². The fourth-order valence-corrected chi connectivity index (χ4v) is 3.59. The number of anilines is 1. The van der Waals surface area contributed by atoms with E-state index in [-0.39, 0.29) is 11.3 Å². The van der Waals surface area contributed by atoms with Crippen LogP contribution in [0.2, 0.25) is 0 Å². The normalized spacial score (nSPS) is 13.4. The second-order valence-electron chi connectivity index (χ2n) is 7.09. The van der Waals surface area contributed by atoms with E-state index in [1.807, 2.05) is 6.07 Å². The molecule has 0 unspecified atom stereocenters. The molecule has 2 aromatic heterocycles. The highest BCUT2D eigenvalue weighted by Gasteiger charge is 2.22. The van der Waals surface area contributed by atoms with Crippen molar-refractivity contribution in [2.75, 3.05) is 5.32 Å². The third kappa shape index (κ3) is 3.42. The predicted octanol–water partition coefficient (Wildman–Crippen LogP) is 3.82. The summed E-state index contributed by atoms with van der Waals surface area (Å²) >= 11 is 0. The van der Waals surface area contributed by atoms with Gasteiger partial charge in [0.2, 0.25) is 5.91 Å². The van der Waals surface area contributed by atoms with Crippen LogP contribution in [0.5, 0.6) is 0 Å². The van der Waals surface area contributed by atoms with Crippen molar-refractivity contribution in [1.29, 1.82) is 0 Å². The molecule has 8 heteroatoms. The SMILES string of the molecule is Cc1cc(C)n(-c2cc(F)c(CC(=O)Nc3noc4c3CCCC4)c(F)c2)n1. The molecule has 0 fully saturated rings. The van der Waals surface area contributed by atoms with Crippen molar-refractivity contribution in [3.05, 3.63) is 58.1 Å². The van der Waals surface area contributed by atoms with Crippen LogP contribution in [0.25, 0.3) is 5.69 Å². The standard InChI is InChI=1S/C20H20F2N4O2/c1-11-7-12(2)26(24-11)13-8-16(21)15(17(22)9-13)10-19(27)23-20-14-5-3-4-6-18(14)28-25-20/h7-9H,3-6,10H2,1-2H3,(H,23,25,27). The van der Waals surface area contributed by atoms with E-state index in [0.717, 1.165) is 48.4 Å². The van der Waals surface area contributed by atoms with Crippen molar-refractivity contribution in [3.63, 3.8) is 0 Å². The van der Waals surface area contributed by atoms with E-state index in [2.05, 4.69) is 15.6 Å². The molecule has 0 saturated heterocycles. The molecule has 3 aromatic rings. The largest absolute Gasteiger partial charge is 0.359 e. The van der Waals surface area contributed by atoms with Gasteiger partial charge in [0, 0.05) is 35.4 Å². The number of halogens is 2. The van der Waals surface area contributed by atoms with Gasteiger partial charge in [0.25, 0.3) is 0 Å². The van der Waals surface area contributed by atoms with Gasteiger partial charge < -0.3 is 9.84 Å². The monoisotopic (exact) mass is 386 g/mol. The van der Waals surface area contributed by atoms with Gasteiger partial charge in [0.05, 0.1) is 17.8 Å². The van der Waals surface area contributed by atoms with E-state index in [4.69, 9.17) is 4.52 Å². The summed E-state index contributed by atoms with van der Waals surface area (Å²) < 4.78 is 35.8. The van der Waals surface area contributed by atoms with Crippen molar-refractivity contribution < 1.29 is 18.1 Å². The lowest BCUT2D eigenvalue weighted by atomic mass is 9.98. The van der Waals surface area contributed by atoms with E-state index < -0.39 is 24.0 Å². The van der Waals surface area contributed by atoms with E-state index in [1.165, 1.54) is 16.8 Å². The van der Waals surface area contributed by atoms with Crippen LogP contribution in [0, 0.1) is 25.5 Å². The molecule has 0 saturated carbocycles. The molecule has 1 aromatic carbocycles. The van der Waals surface area contributed by atoms with Gasteiger partial charge >= 0.3 is 0 Å². The Morgan fingerprint density at radius 1 is 1.18 bits per heavy atom. The first kappa shape index (κ1) is 18.3. The number of hydrogen-bond acceptors (Lipinski definition) is 4. The molecular formula is C20H20F2N4O2. The molecule has 2 heterocycles. The molecule has 0 bridgehead atoms. The zero-order chi connectivity index (χ0) is 19.8. The minimum Gasteiger partial charge on any atom is -0.359 e. The van der Waals surface area contributed by atoms with E-state index >= 15 is 0 Å². The Morgan fingerprint density at radius 2 is 1.89 bits per heavy atom. The summed E-state index contributed by atoms with van der Waals surface area (Å²) in [7, 11) is 0. The Balaban J connectivity index is 1.54. The molecule has 1 amide bonds. The summed E-state index contributed by atoms with van der Waals surface area (Å²) in [5.41, 5.74) is 2.37. The number of aromatic nitrogens is 3. The Kier molecular flexibility index (Phi) is 4.70. The van der Waals surface area contributed by atoms with E-state index in [0.29, 0.717) is 5.82 Å². The van der Waals surface area contributed by atoms with Crippen molar-refractivity contribution >= 4 is 11.7 Å². The van der Waals surface area contributed by atoms with Crippen LogP contribution in [0.15, 0.2) is 22.7 Å². The molecule has 28 heavy (non-hydrogen) atoms. The van der Waals surface area contributed by atoms with Gasteiger partial charge in [0.15, 0.2) is 5.82 Å². The maximum atomic E-state index is 14.6. The molecule has 1 aliphatic carbocycles. The lowest BCUT2D eigenvalue weighted by molar-refractivity contribution is -0.115. The van der Waals surface area contributed by atoms with Gasteiger partial charge in [0.1, 0.15) is 17.4 Å². The molecule has 6 nitrogen and oxygen atoms in total. The first-order valence-corrected chi connectivity index (χ1v) is 9.21. The molecule has 0 aliphatic heterocycles. The number of fused-ring (bicyclic) bond motifs is 1. The number of nitrogens with zero attached hydrogens (tertiary/aromatic N) is 3. The van der Waals surface area contributed by atoms with Gasteiger partial charge in [-0.15, -0.1) is 0 Å². The smallest absolute Gasteiger partial charge is 0.230 e. The van der Waals surface area contributed by atoms with E-state index in [9.17, 15) is 13.6 Å². The predicted molar refractivity (Wildman–Crippen MR) is 98.4 cm³/mol. The second-order valence-corrected chi connectivity index (χ2v) is 7.09. The summed E-state index contributed by atoms with van der Waals surface area (Å²) in [4.78, 5) is 12.3. The molecule has 4 rings (SSSR count). The average Bonchev–Trinajstić information content (AvgIpc) is 3.21. The zero-order valence-electron chi connectivity index (χ0n) is 15.7. The van der Waals surface area contributed by atoms with Crippen LogP contribution in [-0.4, -0.2) is 20.8 Å². The summed E-state index contributed by atoms with van der Waals surface area (Å²) in [6.07, 6.45) is 3.14. The van der Waals surface area contributed by atoms with Gasteiger partial charge in [-0.1, -0.05) is 5.16 Å². The third-order valence-electron chi connectivity index (χ3n) is 4.93. The molecule has 0 atom stereocenters. The number of carbonyl (C=O) groups is 1. The van der Waals surface area contributed by atoms with Gasteiger partial charge in [-0.3, -0.25) is 4.79 Å². The maximum absolute atomic E-state index is 14.6.